The van der Waals surface area contributed by atoms with Crippen LogP contribution >= 0.6 is 0 Å². The van der Waals surface area contributed by atoms with Crippen LogP contribution in [0.1, 0.15) is 5.69 Å². The molecule has 1 N–H and O–H groups in total. The Kier molecular flexibility index (Phi) is 2.14. The molecule has 2 rings (SSSR count). The molecular weight excluding hydrogens is 176 g/mol. The molecule has 0 unspecified atom stereocenters. The molecule has 0 amide bonds. The van der Waals surface area contributed by atoms with Crippen LogP contribution in [0, 0.1) is 0 Å². The van der Waals surface area contributed by atoms with E-state index in [1.165, 1.54) is 0 Å². The first-order valence-electron chi connectivity index (χ1n) is 4.32. The van der Waals surface area contributed by atoms with Gasteiger partial charge in [-0.1, -0.05) is 18.2 Å². The summed E-state index contributed by atoms with van der Waals surface area (Å²) in [6.45, 7) is 0. The highest BCUT2D eigenvalue weighted by Gasteiger charge is 2.00. The van der Waals surface area contributed by atoms with E-state index in [2.05, 4.69) is 9.98 Å². The molecule has 0 fully saturated rings. The molecule has 1 aromatic heterocycles. The Morgan fingerprint density at radius 2 is 2.14 bits per heavy atom. The Morgan fingerprint density at radius 1 is 1.29 bits per heavy atom. The van der Waals surface area contributed by atoms with Gasteiger partial charge in [-0.25, -0.2) is 4.98 Å². The maximum atomic E-state index is 9.56. The van der Waals surface area contributed by atoms with Crippen molar-refractivity contribution in [1.82, 2.24) is 4.98 Å². The first-order valence-corrected chi connectivity index (χ1v) is 4.32. The van der Waals surface area contributed by atoms with E-state index in [-0.39, 0.29) is 5.75 Å². The van der Waals surface area contributed by atoms with Crippen LogP contribution < -0.4 is 0 Å². The van der Waals surface area contributed by atoms with Crippen molar-refractivity contribution in [2.24, 2.45) is 4.99 Å². The van der Waals surface area contributed by atoms with E-state index in [4.69, 9.17) is 0 Å². The summed E-state index contributed by atoms with van der Waals surface area (Å²) in [5.41, 5.74) is 1.37. The van der Waals surface area contributed by atoms with Crippen molar-refractivity contribution in [2.45, 2.75) is 0 Å². The lowest BCUT2D eigenvalue weighted by Gasteiger charge is -2.00. The van der Waals surface area contributed by atoms with Gasteiger partial charge in [0, 0.05) is 18.6 Å². The van der Waals surface area contributed by atoms with E-state index < -0.39 is 0 Å². The number of aliphatic imine (C=N–C) groups is 1. The molecule has 0 saturated heterocycles. The van der Waals surface area contributed by atoms with Gasteiger partial charge in [0.25, 0.3) is 0 Å². The number of fused-ring (bicyclic) bond motifs is 1. The van der Waals surface area contributed by atoms with Crippen LogP contribution in [0.3, 0.4) is 0 Å². The van der Waals surface area contributed by atoms with Crippen LogP contribution in [0.25, 0.3) is 10.9 Å². The molecule has 3 nitrogen and oxygen atoms in total. The predicted molar refractivity (Wildman–Crippen MR) is 56.9 cm³/mol. The summed E-state index contributed by atoms with van der Waals surface area (Å²) >= 11 is 0. The number of rotatable bonds is 1. The minimum atomic E-state index is 0.203. The van der Waals surface area contributed by atoms with E-state index in [1.807, 2.05) is 18.2 Å². The van der Waals surface area contributed by atoms with Crippen molar-refractivity contribution in [3.63, 3.8) is 0 Å². The fourth-order valence-electron chi connectivity index (χ4n) is 1.35. The lowest BCUT2D eigenvalue weighted by atomic mass is 10.2. The third-order valence-corrected chi connectivity index (χ3v) is 1.98. The quantitative estimate of drug-likeness (QED) is 0.692. The van der Waals surface area contributed by atoms with Gasteiger partial charge in [0.05, 0.1) is 5.69 Å². The van der Waals surface area contributed by atoms with Crippen molar-refractivity contribution >= 4 is 17.1 Å². The summed E-state index contributed by atoms with van der Waals surface area (Å²) < 4.78 is 0. The Morgan fingerprint density at radius 3 is 2.93 bits per heavy atom. The molecule has 1 heterocycles. The summed E-state index contributed by atoms with van der Waals surface area (Å²) in [5, 5.41) is 10.5. The van der Waals surface area contributed by atoms with Crippen molar-refractivity contribution in [2.75, 3.05) is 7.05 Å². The van der Waals surface area contributed by atoms with Crippen molar-refractivity contribution in [3.05, 3.63) is 36.0 Å². The third kappa shape index (κ3) is 1.44. The Labute approximate surface area is 81.8 Å². The van der Waals surface area contributed by atoms with Gasteiger partial charge < -0.3 is 5.11 Å². The van der Waals surface area contributed by atoms with E-state index in [1.54, 1.807) is 25.4 Å². The second kappa shape index (κ2) is 3.46. The SMILES string of the molecule is CN=Cc1ccc2cccc(O)c2n1. The highest BCUT2D eigenvalue weighted by Crippen LogP contribution is 2.21. The topological polar surface area (TPSA) is 45.5 Å². The van der Waals surface area contributed by atoms with Gasteiger partial charge in [-0.15, -0.1) is 0 Å². The molecule has 3 heteroatoms. The molecule has 0 aliphatic heterocycles. The predicted octanol–water partition coefficient (Wildman–Crippen LogP) is 1.99. The van der Waals surface area contributed by atoms with Gasteiger partial charge >= 0.3 is 0 Å². The van der Waals surface area contributed by atoms with E-state index in [9.17, 15) is 5.11 Å². The molecule has 14 heavy (non-hydrogen) atoms. The summed E-state index contributed by atoms with van der Waals surface area (Å²) in [7, 11) is 1.69. The Bertz CT molecular complexity index is 492. The minimum absolute atomic E-state index is 0.203. The molecule has 0 saturated carbocycles. The van der Waals surface area contributed by atoms with Crippen molar-refractivity contribution in [1.29, 1.82) is 0 Å². The summed E-state index contributed by atoms with van der Waals surface area (Å²) in [5.74, 6) is 0.203. The summed E-state index contributed by atoms with van der Waals surface area (Å²) in [4.78, 5) is 8.14. The number of aromatic nitrogens is 1. The average Bonchev–Trinajstić information content (AvgIpc) is 2.20. The maximum absolute atomic E-state index is 9.56. The van der Waals surface area contributed by atoms with Crippen LogP contribution in [0.15, 0.2) is 35.3 Å². The second-order valence-corrected chi connectivity index (χ2v) is 2.97. The number of hydrogen-bond acceptors (Lipinski definition) is 3. The van der Waals surface area contributed by atoms with Crippen molar-refractivity contribution < 1.29 is 5.11 Å². The number of para-hydroxylation sites is 1. The molecule has 0 aliphatic carbocycles. The highest BCUT2D eigenvalue weighted by molar-refractivity contribution is 5.88. The van der Waals surface area contributed by atoms with Crippen LogP contribution in [-0.4, -0.2) is 23.4 Å². The Balaban J connectivity index is 2.69. The zero-order valence-electron chi connectivity index (χ0n) is 7.81. The summed E-state index contributed by atoms with van der Waals surface area (Å²) in [6, 6.07) is 9.12. The molecule has 1 aromatic carbocycles. The molecule has 2 aromatic rings. The van der Waals surface area contributed by atoms with E-state index in [0.717, 1.165) is 11.1 Å². The molecule has 70 valence electrons. The zero-order valence-corrected chi connectivity index (χ0v) is 7.81. The monoisotopic (exact) mass is 186 g/mol. The normalized spacial score (nSPS) is 11.2. The molecule has 0 aliphatic rings. The molecule has 0 bridgehead atoms. The van der Waals surface area contributed by atoms with Gasteiger partial charge in [-0.05, 0) is 12.1 Å². The van der Waals surface area contributed by atoms with Gasteiger partial charge in [-0.2, -0.15) is 0 Å². The lowest BCUT2D eigenvalue weighted by molar-refractivity contribution is 0.480. The molecule has 0 atom stereocenters. The van der Waals surface area contributed by atoms with Crippen LogP contribution in [0.5, 0.6) is 5.75 Å². The smallest absolute Gasteiger partial charge is 0.141 e. The molecule has 0 radical (unpaired) electrons. The number of hydrogen-bond donors (Lipinski definition) is 1. The van der Waals surface area contributed by atoms with Crippen LogP contribution in [0.2, 0.25) is 0 Å². The Hall–Kier alpha value is -1.90. The van der Waals surface area contributed by atoms with E-state index in [0.29, 0.717) is 5.52 Å². The minimum Gasteiger partial charge on any atom is -0.506 e. The van der Waals surface area contributed by atoms with Gasteiger partial charge in [0.2, 0.25) is 0 Å². The fourth-order valence-corrected chi connectivity index (χ4v) is 1.35. The van der Waals surface area contributed by atoms with Crippen LogP contribution in [0.4, 0.5) is 0 Å². The standard InChI is InChI=1S/C11H10N2O/c1-12-7-9-6-5-8-3-2-4-10(14)11(8)13-9/h2-7,14H,1H3. The largest absolute Gasteiger partial charge is 0.506 e. The number of aromatic hydroxyl groups is 1. The first-order chi connectivity index (χ1) is 6.81. The number of phenolic OH excluding ortho intramolecular Hbond substituents is 1. The number of pyridine rings is 1. The molecule has 0 spiro atoms. The van der Waals surface area contributed by atoms with Crippen molar-refractivity contribution in [3.8, 4) is 5.75 Å². The first kappa shape index (κ1) is 8.69. The zero-order chi connectivity index (χ0) is 9.97. The lowest BCUT2D eigenvalue weighted by Crippen LogP contribution is -1.88. The molecular formula is C11H10N2O. The van der Waals surface area contributed by atoms with Crippen LogP contribution in [-0.2, 0) is 0 Å². The average molecular weight is 186 g/mol. The van der Waals surface area contributed by atoms with Gasteiger partial charge in [0.15, 0.2) is 0 Å². The highest BCUT2D eigenvalue weighted by atomic mass is 16.3. The fraction of sp³-hybridized carbons (Fsp3) is 0.0909. The number of benzene rings is 1. The summed E-state index contributed by atoms with van der Waals surface area (Å²) in [6.07, 6.45) is 1.66. The van der Waals surface area contributed by atoms with Gasteiger partial charge in [0.1, 0.15) is 11.3 Å². The maximum Gasteiger partial charge on any atom is 0.141 e. The number of nitrogens with zero attached hydrogens (tertiary/aromatic N) is 2. The third-order valence-electron chi connectivity index (χ3n) is 1.98. The van der Waals surface area contributed by atoms with Gasteiger partial charge in [-0.3, -0.25) is 4.99 Å². The van der Waals surface area contributed by atoms with E-state index >= 15 is 0 Å². The second-order valence-electron chi connectivity index (χ2n) is 2.97. The number of phenols is 1.